The van der Waals surface area contributed by atoms with Gasteiger partial charge in [0.1, 0.15) is 0 Å². The van der Waals surface area contributed by atoms with Gasteiger partial charge in [0, 0.05) is 5.69 Å². The number of nitrogen functional groups attached to an aromatic ring is 1. The van der Waals surface area contributed by atoms with Crippen LogP contribution in [-0.2, 0) is 11.2 Å². The van der Waals surface area contributed by atoms with Crippen LogP contribution in [-0.4, -0.2) is 11.1 Å². The predicted molar refractivity (Wildman–Crippen MR) is 66.1 cm³/mol. The molecule has 0 heterocycles. The highest BCUT2D eigenvalue weighted by Gasteiger charge is 2.31. The van der Waals surface area contributed by atoms with Gasteiger partial charge in [0.25, 0.3) is 0 Å². The van der Waals surface area contributed by atoms with Crippen LogP contribution in [0.5, 0.6) is 0 Å². The highest BCUT2D eigenvalue weighted by atomic mass is 16.4. The van der Waals surface area contributed by atoms with Crippen LogP contribution in [0.15, 0.2) is 12.1 Å². The Balaban J connectivity index is 2.01. The predicted octanol–water partition coefficient (Wildman–Crippen LogP) is 2.65. The van der Waals surface area contributed by atoms with Gasteiger partial charge >= 0.3 is 5.97 Å². The van der Waals surface area contributed by atoms with E-state index in [2.05, 4.69) is 0 Å². The first-order chi connectivity index (χ1) is 8.15. The molecule has 17 heavy (non-hydrogen) atoms. The quantitative estimate of drug-likeness (QED) is 0.783. The third-order valence-corrected chi connectivity index (χ3v) is 3.69. The number of carboxylic acid groups (broad SMARTS) is 1. The average Bonchev–Trinajstić information content (AvgIpc) is 3.14. The lowest BCUT2D eigenvalue weighted by Crippen LogP contribution is -2.05. The van der Waals surface area contributed by atoms with E-state index >= 15 is 0 Å². The number of rotatable bonds is 4. The maximum absolute atomic E-state index is 10.8. The number of hydrogen-bond acceptors (Lipinski definition) is 2. The smallest absolute Gasteiger partial charge is 0.307 e. The summed E-state index contributed by atoms with van der Waals surface area (Å²) in [5.74, 6) is 0.403. The lowest BCUT2D eigenvalue weighted by Gasteiger charge is -2.12. The third kappa shape index (κ3) is 2.14. The van der Waals surface area contributed by atoms with Crippen molar-refractivity contribution >= 4 is 11.7 Å². The van der Waals surface area contributed by atoms with E-state index in [-0.39, 0.29) is 6.42 Å². The molecule has 0 saturated heterocycles. The van der Waals surface area contributed by atoms with Crippen molar-refractivity contribution < 1.29 is 9.90 Å². The molecule has 2 fully saturated rings. The van der Waals surface area contributed by atoms with Crippen LogP contribution in [0, 0.1) is 0 Å². The molecular formula is C14H17NO2. The molecule has 3 heteroatoms. The Morgan fingerprint density at radius 1 is 1.18 bits per heavy atom. The largest absolute Gasteiger partial charge is 0.481 e. The number of hydrogen-bond donors (Lipinski definition) is 2. The molecule has 0 amide bonds. The molecule has 2 saturated carbocycles. The Morgan fingerprint density at radius 3 is 2.00 bits per heavy atom. The van der Waals surface area contributed by atoms with Crippen molar-refractivity contribution in [2.24, 2.45) is 0 Å². The summed E-state index contributed by atoms with van der Waals surface area (Å²) in [4.78, 5) is 10.8. The molecule has 1 aromatic carbocycles. The summed E-state index contributed by atoms with van der Waals surface area (Å²) in [6, 6.07) is 4.01. The van der Waals surface area contributed by atoms with Gasteiger partial charge in [-0.2, -0.15) is 0 Å². The first kappa shape index (κ1) is 10.6. The summed E-state index contributed by atoms with van der Waals surface area (Å²) in [6.45, 7) is 0. The van der Waals surface area contributed by atoms with Gasteiger partial charge in [-0.25, -0.2) is 0 Å². The van der Waals surface area contributed by atoms with Gasteiger partial charge < -0.3 is 10.8 Å². The second-order valence-electron chi connectivity index (χ2n) is 5.31. The zero-order valence-corrected chi connectivity index (χ0v) is 9.78. The first-order valence-corrected chi connectivity index (χ1v) is 6.29. The summed E-state index contributed by atoms with van der Waals surface area (Å²) in [6.07, 6.45) is 4.91. The number of aliphatic carboxylic acids is 1. The maximum Gasteiger partial charge on any atom is 0.307 e. The Hall–Kier alpha value is -1.51. The molecule has 0 unspecified atom stereocenters. The Bertz CT molecular complexity index is 440. The fourth-order valence-electron chi connectivity index (χ4n) is 2.50. The van der Waals surface area contributed by atoms with Crippen LogP contribution in [0.4, 0.5) is 5.69 Å². The van der Waals surface area contributed by atoms with Crippen LogP contribution in [0.1, 0.15) is 54.2 Å². The van der Waals surface area contributed by atoms with E-state index in [1.807, 2.05) is 12.1 Å². The standard InChI is InChI=1S/C14H17NO2/c15-14-11(9-1-2-9)5-8(7-13(16)17)6-12(14)10-3-4-10/h5-6,9-10H,1-4,7,15H2,(H,16,17). The second-order valence-corrected chi connectivity index (χ2v) is 5.31. The number of benzene rings is 1. The minimum absolute atomic E-state index is 0.111. The van der Waals surface area contributed by atoms with Gasteiger partial charge in [0.2, 0.25) is 0 Å². The number of carboxylic acids is 1. The summed E-state index contributed by atoms with van der Waals surface area (Å²) in [7, 11) is 0. The number of anilines is 1. The molecule has 0 radical (unpaired) electrons. The zero-order valence-electron chi connectivity index (χ0n) is 9.78. The normalized spacial score (nSPS) is 19.3. The van der Waals surface area contributed by atoms with E-state index < -0.39 is 5.97 Å². The topological polar surface area (TPSA) is 63.3 Å². The minimum atomic E-state index is -0.765. The SMILES string of the molecule is Nc1c(C2CC2)cc(CC(=O)O)cc1C1CC1. The molecule has 1 aromatic rings. The molecule has 0 aliphatic heterocycles. The molecule has 0 bridgehead atoms. The molecule has 0 spiro atoms. The van der Waals surface area contributed by atoms with Crippen molar-refractivity contribution in [3.05, 3.63) is 28.8 Å². The molecule has 90 valence electrons. The third-order valence-electron chi connectivity index (χ3n) is 3.69. The molecule has 2 aliphatic rings. The van der Waals surface area contributed by atoms with E-state index in [4.69, 9.17) is 10.8 Å². The van der Waals surface area contributed by atoms with Gasteiger partial charge in [0.15, 0.2) is 0 Å². The van der Waals surface area contributed by atoms with Crippen LogP contribution in [0.2, 0.25) is 0 Å². The lowest BCUT2D eigenvalue weighted by molar-refractivity contribution is -0.136. The summed E-state index contributed by atoms with van der Waals surface area (Å²) < 4.78 is 0. The van der Waals surface area contributed by atoms with Crippen LogP contribution < -0.4 is 5.73 Å². The Kier molecular flexibility index (Phi) is 2.35. The van der Waals surface area contributed by atoms with E-state index in [1.54, 1.807) is 0 Å². The highest BCUT2D eigenvalue weighted by molar-refractivity contribution is 5.72. The lowest BCUT2D eigenvalue weighted by atomic mass is 9.96. The second kappa shape index (κ2) is 3.76. The molecule has 3 N–H and O–H groups in total. The molecule has 0 aromatic heterocycles. The summed E-state index contributed by atoms with van der Waals surface area (Å²) >= 11 is 0. The van der Waals surface area contributed by atoms with Gasteiger partial charge in [0.05, 0.1) is 6.42 Å². The van der Waals surface area contributed by atoms with E-state index in [9.17, 15) is 4.79 Å². The van der Waals surface area contributed by atoms with E-state index in [0.29, 0.717) is 11.8 Å². The van der Waals surface area contributed by atoms with Gasteiger partial charge in [-0.05, 0) is 54.2 Å². The molecule has 2 aliphatic carbocycles. The fourth-order valence-corrected chi connectivity index (χ4v) is 2.50. The van der Waals surface area contributed by atoms with Crippen LogP contribution in [0.3, 0.4) is 0 Å². The van der Waals surface area contributed by atoms with Crippen molar-refractivity contribution in [2.75, 3.05) is 5.73 Å². The molecule has 0 atom stereocenters. The Morgan fingerprint density at radius 2 is 1.65 bits per heavy atom. The highest BCUT2D eigenvalue weighted by Crippen LogP contribution is 2.49. The van der Waals surface area contributed by atoms with Crippen molar-refractivity contribution in [1.82, 2.24) is 0 Å². The monoisotopic (exact) mass is 231 g/mol. The fraction of sp³-hybridized carbons (Fsp3) is 0.500. The molecular weight excluding hydrogens is 214 g/mol. The summed E-state index contributed by atoms with van der Waals surface area (Å²) in [5, 5.41) is 8.90. The molecule has 3 nitrogen and oxygen atoms in total. The van der Waals surface area contributed by atoms with E-state index in [1.165, 1.54) is 36.8 Å². The number of nitrogens with two attached hydrogens (primary N) is 1. The minimum Gasteiger partial charge on any atom is -0.481 e. The molecule has 3 rings (SSSR count). The van der Waals surface area contributed by atoms with Crippen molar-refractivity contribution in [1.29, 1.82) is 0 Å². The van der Waals surface area contributed by atoms with Crippen molar-refractivity contribution in [3.63, 3.8) is 0 Å². The van der Waals surface area contributed by atoms with Gasteiger partial charge in [-0.3, -0.25) is 4.79 Å². The first-order valence-electron chi connectivity index (χ1n) is 6.29. The Labute approximate surface area is 101 Å². The summed E-state index contributed by atoms with van der Waals surface area (Å²) in [5.41, 5.74) is 10.5. The van der Waals surface area contributed by atoms with Crippen LogP contribution >= 0.6 is 0 Å². The van der Waals surface area contributed by atoms with E-state index in [0.717, 1.165) is 11.3 Å². The average molecular weight is 231 g/mol. The maximum atomic E-state index is 10.8. The van der Waals surface area contributed by atoms with Crippen LogP contribution in [0.25, 0.3) is 0 Å². The van der Waals surface area contributed by atoms with Gasteiger partial charge in [-0.1, -0.05) is 12.1 Å². The van der Waals surface area contributed by atoms with Gasteiger partial charge in [-0.15, -0.1) is 0 Å². The van der Waals surface area contributed by atoms with Crippen molar-refractivity contribution in [2.45, 2.75) is 43.9 Å². The zero-order chi connectivity index (χ0) is 12.0. The van der Waals surface area contributed by atoms with Crippen molar-refractivity contribution in [3.8, 4) is 0 Å². The number of carbonyl (C=O) groups is 1.